The monoisotopic (exact) mass is 311 g/mol. The Bertz CT molecular complexity index is 705. The zero-order chi connectivity index (χ0) is 17.0. The molecule has 0 aromatic heterocycles. The second-order valence-corrected chi connectivity index (χ2v) is 5.72. The van der Waals surface area contributed by atoms with E-state index in [9.17, 15) is 9.59 Å². The Balaban J connectivity index is 2.08. The predicted octanol–water partition coefficient (Wildman–Crippen LogP) is 3.49. The van der Waals surface area contributed by atoms with Gasteiger partial charge in [0.05, 0.1) is 5.56 Å². The summed E-state index contributed by atoms with van der Waals surface area (Å²) < 4.78 is 5.31. The molecule has 0 bridgehead atoms. The van der Waals surface area contributed by atoms with Gasteiger partial charge in [-0.15, -0.1) is 0 Å². The first-order valence-electron chi connectivity index (χ1n) is 7.47. The van der Waals surface area contributed by atoms with Crippen molar-refractivity contribution in [1.82, 2.24) is 0 Å². The minimum atomic E-state index is -0.826. The van der Waals surface area contributed by atoms with E-state index in [-0.39, 0.29) is 5.78 Å². The summed E-state index contributed by atoms with van der Waals surface area (Å²) in [6, 6.07) is 14.3. The Kier molecular flexibility index (Phi) is 5.16. The van der Waals surface area contributed by atoms with Crippen LogP contribution in [0.2, 0.25) is 0 Å². The van der Waals surface area contributed by atoms with Crippen LogP contribution in [0.3, 0.4) is 0 Å². The summed E-state index contributed by atoms with van der Waals surface area (Å²) in [7, 11) is 3.79. The Morgan fingerprint density at radius 3 is 2.26 bits per heavy atom. The average molecular weight is 311 g/mol. The van der Waals surface area contributed by atoms with Crippen molar-refractivity contribution in [3.8, 4) is 0 Å². The second kappa shape index (κ2) is 7.09. The average Bonchev–Trinajstić information content (AvgIpc) is 2.54. The maximum absolute atomic E-state index is 12.3. The highest BCUT2D eigenvalue weighted by Crippen LogP contribution is 2.16. The van der Waals surface area contributed by atoms with Crippen molar-refractivity contribution in [2.45, 2.75) is 20.0 Å². The SMILES string of the molecule is Cc1ccc(C(=O)C(C)OC(=O)c2cccc(N(C)C)c2)cc1. The molecule has 4 nitrogen and oxygen atoms in total. The van der Waals surface area contributed by atoms with Gasteiger partial charge in [-0.1, -0.05) is 35.9 Å². The normalized spacial score (nSPS) is 11.7. The fourth-order valence-electron chi connectivity index (χ4n) is 2.15. The molecule has 0 heterocycles. The van der Waals surface area contributed by atoms with Crippen LogP contribution >= 0.6 is 0 Å². The molecular weight excluding hydrogens is 290 g/mol. The van der Waals surface area contributed by atoms with Crippen LogP contribution in [0.1, 0.15) is 33.2 Å². The van der Waals surface area contributed by atoms with Crippen LogP contribution < -0.4 is 4.90 Å². The zero-order valence-corrected chi connectivity index (χ0v) is 13.9. The van der Waals surface area contributed by atoms with E-state index in [1.807, 2.05) is 44.1 Å². The van der Waals surface area contributed by atoms with Crippen molar-refractivity contribution in [3.63, 3.8) is 0 Å². The zero-order valence-electron chi connectivity index (χ0n) is 13.9. The number of benzene rings is 2. The summed E-state index contributed by atoms with van der Waals surface area (Å²) in [6.07, 6.45) is -0.826. The van der Waals surface area contributed by atoms with Gasteiger partial charge < -0.3 is 9.64 Å². The number of ether oxygens (including phenoxy) is 1. The molecule has 0 fully saturated rings. The fourth-order valence-corrected chi connectivity index (χ4v) is 2.15. The lowest BCUT2D eigenvalue weighted by molar-refractivity contribution is 0.0319. The van der Waals surface area contributed by atoms with Gasteiger partial charge in [0.1, 0.15) is 0 Å². The van der Waals surface area contributed by atoms with E-state index in [1.165, 1.54) is 0 Å². The molecule has 0 saturated heterocycles. The van der Waals surface area contributed by atoms with E-state index >= 15 is 0 Å². The summed E-state index contributed by atoms with van der Waals surface area (Å²) in [5.74, 6) is -0.705. The molecule has 1 unspecified atom stereocenters. The van der Waals surface area contributed by atoms with Crippen molar-refractivity contribution in [1.29, 1.82) is 0 Å². The summed E-state index contributed by atoms with van der Waals surface area (Å²) >= 11 is 0. The Morgan fingerprint density at radius 2 is 1.65 bits per heavy atom. The van der Waals surface area contributed by atoms with Crippen molar-refractivity contribution < 1.29 is 14.3 Å². The lowest BCUT2D eigenvalue weighted by Gasteiger charge is -2.15. The predicted molar refractivity (Wildman–Crippen MR) is 91.2 cm³/mol. The van der Waals surface area contributed by atoms with Crippen molar-refractivity contribution >= 4 is 17.4 Å². The van der Waals surface area contributed by atoms with Gasteiger partial charge in [0.25, 0.3) is 0 Å². The summed E-state index contributed by atoms with van der Waals surface area (Å²) in [6.45, 7) is 3.55. The number of esters is 1. The highest BCUT2D eigenvalue weighted by Gasteiger charge is 2.20. The largest absolute Gasteiger partial charge is 0.451 e. The standard InChI is InChI=1S/C19H21NO3/c1-13-8-10-15(11-9-13)18(21)14(2)23-19(22)16-6-5-7-17(12-16)20(3)4/h5-12,14H,1-4H3. The molecule has 2 rings (SSSR count). The Labute approximate surface area is 136 Å². The molecule has 2 aromatic carbocycles. The van der Waals surface area contributed by atoms with Crippen LogP contribution in [-0.2, 0) is 4.74 Å². The van der Waals surface area contributed by atoms with Crippen LogP contribution in [0.25, 0.3) is 0 Å². The number of Topliss-reactive ketones (excluding diaryl/α,β-unsaturated/α-hetero) is 1. The third-order valence-electron chi connectivity index (χ3n) is 3.59. The van der Waals surface area contributed by atoms with Crippen LogP contribution in [0.5, 0.6) is 0 Å². The number of rotatable bonds is 5. The maximum Gasteiger partial charge on any atom is 0.338 e. The van der Waals surface area contributed by atoms with Crippen LogP contribution in [0.4, 0.5) is 5.69 Å². The van der Waals surface area contributed by atoms with Gasteiger partial charge in [0.2, 0.25) is 5.78 Å². The molecule has 2 aromatic rings. The number of aryl methyl sites for hydroxylation is 1. The Morgan fingerprint density at radius 1 is 1.00 bits per heavy atom. The summed E-state index contributed by atoms with van der Waals surface area (Å²) in [5.41, 5.74) is 2.95. The topological polar surface area (TPSA) is 46.6 Å². The summed E-state index contributed by atoms with van der Waals surface area (Å²) in [4.78, 5) is 26.4. The van der Waals surface area contributed by atoms with Crippen molar-refractivity contribution in [3.05, 3.63) is 65.2 Å². The molecule has 0 amide bonds. The van der Waals surface area contributed by atoms with Gasteiger partial charge in [0.15, 0.2) is 6.10 Å². The van der Waals surface area contributed by atoms with Crippen molar-refractivity contribution in [2.24, 2.45) is 0 Å². The minimum Gasteiger partial charge on any atom is -0.451 e. The third-order valence-corrected chi connectivity index (χ3v) is 3.59. The molecule has 0 saturated carbocycles. The van der Waals surface area contributed by atoms with E-state index in [1.54, 1.807) is 37.3 Å². The summed E-state index contributed by atoms with van der Waals surface area (Å²) in [5, 5.41) is 0. The number of nitrogens with zero attached hydrogens (tertiary/aromatic N) is 1. The molecule has 23 heavy (non-hydrogen) atoms. The number of ketones is 1. The third kappa shape index (κ3) is 4.19. The van der Waals surface area contributed by atoms with Gasteiger partial charge >= 0.3 is 5.97 Å². The molecule has 4 heteroatoms. The molecule has 0 aliphatic carbocycles. The first-order chi connectivity index (χ1) is 10.9. The van der Waals surface area contributed by atoms with E-state index < -0.39 is 12.1 Å². The molecule has 0 spiro atoms. The van der Waals surface area contributed by atoms with Gasteiger partial charge in [-0.3, -0.25) is 4.79 Å². The van der Waals surface area contributed by atoms with Gasteiger partial charge in [-0.25, -0.2) is 4.79 Å². The quantitative estimate of drug-likeness (QED) is 0.626. The molecule has 1 atom stereocenters. The van der Waals surface area contributed by atoms with E-state index in [0.717, 1.165) is 11.3 Å². The Hall–Kier alpha value is -2.62. The van der Waals surface area contributed by atoms with Crippen LogP contribution in [0.15, 0.2) is 48.5 Å². The fraction of sp³-hybridized carbons (Fsp3) is 0.263. The highest BCUT2D eigenvalue weighted by molar-refractivity contribution is 6.01. The number of carbonyl (C=O) groups excluding carboxylic acids is 2. The smallest absolute Gasteiger partial charge is 0.338 e. The molecule has 0 aliphatic heterocycles. The number of hydrogen-bond donors (Lipinski definition) is 0. The number of anilines is 1. The molecule has 0 aliphatic rings. The van der Waals surface area contributed by atoms with E-state index in [2.05, 4.69) is 0 Å². The first kappa shape index (κ1) is 16.7. The molecule has 0 radical (unpaired) electrons. The van der Waals surface area contributed by atoms with E-state index in [0.29, 0.717) is 11.1 Å². The molecular formula is C19H21NO3. The van der Waals surface area contributed by atoms with Gasteiger partial charge in [-0.05, 0) is 32.0 Å². The van der Waals surface area contributed by atoms with Gasteiger partial charge in [-0.2, -0.15) is 0 Å². The minimum absolute atomic E-state index is 0.206. The first-order valence-corrected chi connectivity index (χ1v) is 7.47. The second-order valence-electron chi connectivity index (χ2n) is 5.72. The van der Waals surface area contributed by atoms with Crippen molar-refractivity contribution in [2.75, 3.05) is 19.0 Å². The highest BCUT2D eigenvalue weighted by atomic mass is 16.5. The molecule has 120 valence electrons. The van der Waals surface area contributed by atoms with Crippen LogP contribution in [-0.4, -0.2) is 32.0 Å². The van der Waals surface area contributed by atoms with Crippen LogP contribution in [0, 0.1) is 6.92 Å². The number of carbonyl (C=O) groups is 2. The molecule has 0 N–H and O–H groups in total. The van der Waals surface area contributed by atoms with E-state index in [4.69, 9.17) is 4.74 Å². The lowest BCUT2D eigenvalue weighted by atomic mass is 10.1. The lowest BCUT2D eigenvalue weighted by Crippen LogP contribution is -2.24. The van der Waals surface area contributed by atoms with Gasteiger partial charge in [0, 0.05) is 25.3 Å². The number of hydrogen-bond acceptors (Lipinski definition) is 4. The maximum atomic E-state index is 12.3.